The van der Waals surface area contributed by atoms with Crippen molar-refractivity contribution in [3.63, 3.8) is 0 Å². The van der Waals surface area contributed by atoms with E-state index in [0.29, 0.717) is 18.7 Å². The second-order valence-electron chi connectivity index (χ2n) is 9.99. The van der Waals surface area contributed by atoms with Crippen LogP contribution in [0.3, 0.4) is 0 Å². The molecule has 1 amide bonds. The quantitative estimate of drug-likeness (QED) is 0.425. The molecule has 0 unspecified atom stereocenters. The SMILES string of the molecule is Cc1ccc(Cn2cc3c(n2)-c2c(oc(C(=O)NCc4ccn(C)n4)c2C(F)(F)F)CC32CCC2)nc1. The first-order chi connectivity index (χ1) is 17.6. The summed E-state index contributed by atoms with van der Waals surface area (Å²) in [5.41, 5.74) is 1.80. The van der Waals surface area contributed by atoms with Gasteiger partial charge in [0.25, 0.3) is 5.91 Å². The number of hydrogen-bond acceptors (Lipinski definition) is 5. The molecule has 0 bridgehead atoms. The zero-order valence-electron chi connectivity index (χ0n) is 20.4. The number of aromatic nitrogens is 5. The molecule has 0 saturated heterocycles. The van der Waals surface area contributed by atoms with E-state index < -0.39 is 23.4 Å². The van der Waals surface area contributed by atoms with E-state index in [2.05, 4.69) is 20.5 Å². The number of nitrogens with one attached hydrogen (secondary N) is 1. The Morgan fingerprint density at radius 1 is 1.19 bits per heavy atom. The molecular formula is C26H25F3N6O2. The summed E-state index contributed by atoms with van der Waals surface area (Å²) < 4.78 is 52.3. The van der Waals surface area contributed by atoms with Crippen molar-refractivity contribution < 1.29 is 22.4 Å². The molecule has 2 aliphatic carbocycles. The normalized spacial score (nSPS) is 15.8. The van der Waals surface area contributed by atoms with Gasteiger partial charge in [-0.15, -0.1) is 0 Å². The molecule has 4 aromatic heterocycles. The number of aryl methyl sites for hydroxylation is 2. The van der Waals surface area contributed by atoms with E-state index in [1.165, 1.54) is 0 Å². The van der Waals surface area contributed by atoms with Gasteiger partial charge >= 0.3 is 6.18 Å². The maximum Gasteiger partial charge on any atom is 0.420 e. The van der Waals surface area contributed by atoms with Gasteiger partial charge in [0.2, 0.25) is 5.76 Å². The minimum absolute atomic E-state index is 0.0182. The Morgan fingerprint density at radius 2 is 2.00 bits per heavy atom. The molecule has 4 aromatic rings. The Labute approximate surface area is 210 Å². The fraction of sp³-hybridized carbons (Fsp3) is 0.385. The van der Waals surface area contributed by atoms with Gasteiger partial charge in [-0.3, -0.25) is 19.1 Å². The second-order valence-corrected chi connectivity index (χ2v) is 9.99. The second kappa shape index (κ2) is 8.32. The van der Waals surface area contributed by atoms with Crippen LogP contribution in [0, 0.1) is 6.92 Å². The lowest BCUT2D eigenvalue weighted by atomic mass is 9.59. The summed E-state index contributed by atoms with van der Waals surface area (Å²) in [4.78, 5) is 17.4. The van der Waals surface area contributed by atoms with Crippen LogP contribution in [0.1, 0.15) is 63.7 Å². The standard InChI is InChI=1S/C26H25F3N6O2/c1-15-4-5-17(30-11-15)13-35-14-18-22(33-35)20-19(10-25(18)7-3-8-25)37-23(21(20)26(27,28)29)24(36)31-12-16-6-9-34(2)32-16/h4-6,9,11,14H,3,7-8,10,12-13H2,1-2H3,(H,31,36). The maximum atomic E-state index is 14.5. The largest absolute Gasteiger partial charge is 0.454 e. The average Bonchev–Trinajstić information content (AvgIpc) is 3.53. The van der Waals surface area contributed by atoms with Crippen LogP contribution in [0.2, 0.25) is 0 Å². The molecule has 192 valence electrons. The van der Waals surface area contributed by atoms with Crippen LogP contribution in [0.5, 0.6) is 0 Å². The van der Waals surface area contributed by atoms with Crippen LogP contribution in [0.4, 0.5) is 13.2 Å². The van der Waals surface area contributed by atoms with Crippen LogP contribution >= 0.6 is 0 Å². The van der Waals surface area contributed by atoms with Gasteiger partial charge in [0, 0.05) is 43.0 Å². The van der Waals surface area contributed by atoms with Crippen molar-refractivity contribution in [2.75, 3.05) is 0 Å². The minimum atomic E-state index is -4.81. The van der Waals surface area contributed by atoms with E-state index >= 15 is 0 Å². The molecule has 6 rings (SSSR count). The van der Waals surface area contributed by atoms with E-state index in [9.17, 15) is 18.0 Å². The molecule has 2 aliphatic rings. The first-order valence-corrected chi connectivity index (χ1v) is 12.1. The summed E-state index contributed by atoms with van der Waals surface area (Å²) in [5.74, 6) is -1.49. The van der Waals surface area contributed by atoms with E-state index in [4.69, 9.17) is 4.42 Å². The molecule has 1 fully saturated rings. The van der Waals surface area contributed by atoms with Gasteiger partial charge < -0.3 is 9.73 Å². The van der Waals surface area contributed by atoms with Crippen molar-refractivity contribution in [1.29, 1.82) is 0 Å². The average molecular weight is 511 g/mol. The van der Waals surface area contributed by atoms with Gasteiger partial charge in [0.05, 0.1) is 30.0 Å². The topological polar surface area (TPSA) is 90.8 Å². The summed E-state index contributed by atoms with van der Waals surface area (Å²) in [7, 11) is 1.72. The molecule has 4 heterocycles. The van der Waals surface area contributed by atoms with Gasteiger partial charge in [-0.1, -0.05) is 12.5 Å². The summed E-state index contributed by atoms with van der Waals surface area (Å²) in [6.45, 7) is 2.25. The van der Waals surface area contributed by atoms with E-state index in [1.807, 2.05) is 25.3 Å². The maximum absolute atomic E-state index is 14.5. The van der Waals surface area contributed by atoms with Gasteiger partial charge in [-0.25, -0.2) is 0 Å². The Morgan fingerprint density at radius 3 is 2.62 bits per heavy atom. The van der Waals surface area contributed by atoms with Crippen molar-refractivity contribution in [3.8, 4) is 11.3 Å². The van der Waals surface area contributed by atoms with Crippen molar-refractivity contribution in [2.45, 2.75) is 57.3 Å². The highest BCUT2D eigenvalue weighted by Gasteiger charge is 2.52. The van der Waals surface area contributed by atoms with Crippen LogP contribution in [0.25, 0.3) is 11.3 Å². The fourth-order valence-electron chi connectivity index (χ4n) is 5.38. The number of carbonyl (C=O) groups excluding carboxylic acids is 1. The summed E-state index contributed by atoms with van der Waals surface area (Å²) in [6, 6.07) is 5.49. The van der Waals surface area contributed by atoms with E-state index in [-0.39, 0.29) is 29.0 Å². The first kappa shape index (κ1) is 23.5. The Bertz CT molecular complexity index is 1490. The number of alkyl halides is 3. The zero-order chi connectivity index (χ0) is 25.9. The number of carbonyl (C=O) groups is 1. The minimum Gasteiger partial charge on any atom is -0.454 e. The highest BCUT2D eigenvalue weighted by atomic mass is 19.4. The fourth-order valence-corrected chi connectivity index (χ4v) is 5.38. The number of pyridine rings is 1. The summed E-state index contributed by atoms with van der Waals surface area (Å²) in [5, 5.41) is 11.3. The number of halogens is 3. The lowest BCUT2D eigenvalue weighted by molar-refractivity contribution is -0.137. The molecule has 37 heavy (non-hydrogen) atoms. The molecule has 11 heteroatoms. The molecule has 8 nitrogen and oxygen atoms in total. The third kappa shape index (κ3) is 4.02. The number of rotatable bonds is 5. The highest BCUT2D eigenvalue weighted by molar-refractivity contribution is 5.96. The Hall–Kier alpha value is -3.89. The summed E-state index contributed by atoms with van der Waals surface area (Å²) >= 11 is 0. The summed E-state index contributed by atoms with van der Waals surface area (Å²) in [6.07, 6.45) is 3.41. The third-order valence-corrected chi connectivity index (χ3v) is 7.35. The highest BCUT2D eigenvalue weighted by Crippen LogP contribution is 2.56. The van der Waals surface area contributed by atoms with Crippen molar-refractivity contribution >= 4 is 5.91 Å². The van der Waals surface area contributed by atoms with Crippen LogP contribution < -0.4 is 5.32 Å². The predicted octanol–water partition coefficient (Wildman–Crippen LogP) is 4.55. The third-order valence-electron chi connectivity index (χ3n) is 7.35. The zero-order valence-corrected chi connectivity index (χ0v) is 20.4. The molecular weight excluding hydrogens is 485 g/mol. The molecule has 0 aromatic carbocycles. The number of hydrogen-bond donors (Lipinski definition) is 1. The Balaban J connectivity index is 1.41. The molecule has 1 spiro atoms. The van der Waals surface area contributed by atoms with Crippen molar-refractivity contribution in [2.24, 2.45) is 7.05 Å². The predicted molar refractivity (Wildman–Crippen MR) is 127 cm³/mol. The van der Waals surface area contributed by atoms with Gasteiger partial charge in [0.1, 0.15) is 17.0 Å². The smallest absolute Gasteiger partial charge is 0.420 e. The van der Waals surface area contributed by atoms with E-state index in [0.717, 1.165) is 36.1 Å². The van der Waals surface area contributed by atoms with E-state index in [1.54, 1.807) is 34.9 Å². The molecule has 0 radical (unpaired) electrons. The van der Waals surface area contributed by atoms with Gasteiger partial charge in [0.15, 0.2) is 0 Å². The van der Waals surface area contributed by atoms with Crippen LogP contribution in [-0.4, -0.2) is 30.5 Å². The number of amides is 1. The first-order valence-electron chi connectivity index (χ1n) is 12.1. The molecule has 1 saturated carbocycles. The molecule has 0 atom stereocenters. The van der Waals surface area contributed by atoms with Crippen molar-refractivity contribution in [3.05, 3.63) is 76.4 Å². The number of fused-ring (bicyclic) bond motifs is 4. The monoisotopic (exact) mass is 510 g/mol. The lowest BCUT2D eigenvalue weighted by Crippen LogP contribution is -2.38. The molecule has 0 aliphatic heterocycles. The van der Waals surface area contributed by atoms with Crippen molar-refractivity contribution in [1.82, 2.24) is 29.9 Å². The van der Waals surface area contributed by atoms with Crippen LogP contribution in [-0.2, 0) is 38.1 Å². The van der Waals surface area contributed by atoms with Gasteiger partial charge in [-0.05, 0) is 37.5 Å². The lowest BCUT2D eigenvalue weighted by Gasteiger charge is -2.43. The number of furan rings is 1. The Kier molecular flexibility index (Phi) is 5.29. The number of nitrogens with zero attached hydrogens (tertiary/aromatic N) is 5. The van der Waals surface area contributed by atoms with Gasteiger partial charge in [-0.2, -0.15) is 23.4 Å². The van der Waals surface area contributed by atoms with Crippen LogP contribution in [0.15, 0.2) is 41.2 Å². The molecule has 1 N–H and O–H groups in total.